The minimum Gasteiger partial charge on any atom is -0.495 e. The van der Waals surface area contributed by atoms with Gasteiger partial charge in [0.1, 0.15) is 23.3 Å². The lowest BCUT2D eigenvalue weighted by Crippen LogP contribution is -2.25. The second-order valence-corrected chi connectivity index (χ2v) is 9.38. The number of nitrogens with two attached hydrogens (primary N) is 1. The van der Waals surface area contributed by atoms with Crippen LogP contribution in [0.1, 0.15) is 41.5 Å². The van der Waals surface area contributed by atoms with Crippen molar-refractivity contribution in [1.29, 1.82) is 0 Å². The lowest BCUT2D eigenvalue weighted by atomic mass is 10.2. The molecule has 0 spiro atoms. The van der Waals surface area contributed by atoms with Crippen LogP contribution in [-0.4, -0.2) is 44.5 Å². The highest BCUT2D eigenvalue weighted by molar-refractivity contribution is 5.77. The highest BCUT2D eigenvalue weighted by atomic mass is 16.5. The average Bonchev–Trinajstić information content (AvgIpc) is 2.89. The molecule has 0 heterocycles. The van der Waals surface area contributed by atoms with E-state index in [9.17, 15) is 4.79 Å². The van der Waals surface area contributed by atoms with Gasteiger partial charge in [0.2, 0.25) is 0 Å². The fourth-order valence-corrected chi connectivity index (χ4v) is 2.80. The Bertz CT molecular complexity index is 1070. The number of hydrogen-bond acceptors (Lipinski definition) is 7. The number of carboxylic acids is 1. The molecule has 0 radical (unpaired) electrons. The molecule has 3 aromatic carbocycles. The monoisotopic (exact) mass is 541 g/mol. The zero-order valence-corrected chi connectivity index (χ0v) is 24.8. The second kappa shape index (κ2) is 20.0. The van der Waals surface area contributed by atoms with Crippen LogP contribution >= 0.6 is 0 Å². The number of rotatable bonds is 8. The van der Waals surface area contributed by atoms with Crippen molar-refractivity contribution >= 4 is 23.0 Å². The minimum absolute atomic E-state index is 0.432. The first-order valence-electron chi connectivity index (χ1n) is 12.9. The van der Waals surface area contributed by atoms with Crippen LogP contribution < -0.4 is 30.6 Å². The van der Waals surface area contributed by atoms with Gasteiger partial charge in [0.15, 0.2) is 0 Å². The van der Waals surface area contributed by atoms with Gasteiger partial charge in [-0.15, -0.1) is 0 Å². The van der Waals surface area contributed by atoms with Crippen LogP contribution in [0.3, 0.4) is 0 Å². The average molecular weight is 542 g/mol. The maximum atomic E-state index is 10.6. The molecular weight excluding hydrogens is 494 g/mol. The number of nitrogen functional groups attached to an aromatic ring is 1. The number of nitrogens with one attached hydrogen (secondary N) is 2. The fraction of sp³-hybridized carbons (Fsp3) is 0.387. The molecular formula is C31H47N3O5. The quantitative estimate of drug-likeness (QED) is 0.225. The Kier molecular flexibility index (Phi) is 17.9. The van der Waals surface area contributed by atoms with E-state index < -0.39 is 12.0 Å². The van der Waals surface area contributed by atoms with E-state index in [0.29, 0.717) is 23.2 Å². The summed E-state index contributed by atoms with van der Waals surface area (Å²) >= 11 is 0. The first kappa shape index (κ1) is 34.9. The van der Waals surface area contributed by atoms with Gasteiger partial charge >= 0.3 is 5.97 Å². The van der Waals surface area contributed by atoms with Crippen LogP contribution in [0.25, 0.3) is 0 Å². The van der Waals surface area contributed by atoms with E-state index in [4.69, 9.17) is 25.1 Å². The van der Waals surface area contributed by atoms with E-state index in [1.165, 1.54) is 0 Å². The van der Waals surface area contributed by atoms with E-state index in [0.717, 1.165) is 23.1 Å². The molecule has 5 N–H and O–H groups in total. The number of hydrogen-bond donors (Lipinski definition) is 4. The van der Waals surface area contributed by atoms with Gasteiger partial charge < -0.3 is 35.7 Å². The maximum absolute atomic E-state index is 10.6. The first-order valence-corrected chi connectivity index (χ1v) is 12.9. The molecule has 8 heteroatoms. The fourth-order valence-electron chi connectivity index (χ4n) is 2.80. The van der Waals surface area contributed by atoms with Crippen LogP contribution in [0, 0.1) is 5.92 Å². The number of anilines is 3. The van der Waals surface area contributed by atoms with E-state index in [1.54, 1.807) is 46.5 Å². The Labute approximate surface area is 234 Å². The van der Waals surface area contributed by atoms with Gasteiger partial charge in [0, 0.05) is 6.04 Å². The zero-order chi connectivity index (χ0) is 29.8. The molecule has 0 aliphatic rings. The number of aliphatic carboxylic acids is 1. The lowest BCUT2D eigenvalue weighted by molar-refractivity contribution is -0.137. The molecule has 8 nitrogen and oxygen atoms in total. The highest BCUT2D eigenvalue weighted by Gasteiger charge is 2.12. The molecule has 0 fully saturated rings. The third-order valence-corrected chi connectivity index (χ3v) is 4.54. The van der Waals surface area contributed by atoms with E-state index in [2.05, 4.69) is 45.3 Å². The number of carbonyl (C=O) groups is 1. The maximum Gasteiger partial charge on any atom is 0.325 e. The van der Waals surface area contributed by atoms with Crippen LogP contribution in [0.4, 0.5) is 17.1 Å². The number of benzene rings is 3. The molecule has 1 atom stereocenters. The molecule has 0 saturated heterocycles. The molecule has 0 bridgehead atoms. The van der Waals surface area contributed by atoms with Crippen LogP contribution in [0.2, 0.25) is 0 Å². The minimum atomic E-state index is -0.893. The van der Waals surface area contributed by atoms with Crippen LogP contribution in [0.5, 0.6) is 17.2 Å². The summed E-state index contributed by atoms with van der Waals surface area (Å²) in [5.74, 6) is 2.21. The van der Waals surface area contributed by atoms with E-state index >= 15 is 0 Å². The van der Waals surface area contributed by atoms with Gasteiger partial charge in [0.05, 0.1) is 38.4 Å². The summed E-state index contributed by atoms with van der Waals surface area (Å²) in [5, 5.41) is 14.8. The summed E-state index contributed by atoms with van der Waals surface area (Å²) in [6.45, 7) is 12.3. The summed E-state index contributed by atoms with van der Waals surface area (Å²) in [7, 11) is 4.83. The molecule has 0 aromatic heterocycles. The van der Waals surface area contributed by atoms with Crippen LogP contribution in [-0.2, 0) is 4.79 Å². The predicted octanol–water partition coefficient (Wildman–Crippen LogP) is 7.04. The molecule has 0 amide bonds. The smallest absolute Gasteiger partial charge is 0.325 e. The molecule has 3 aromatic rings. The van der Waals surface area contributed by atoms with Crippen molar-refractivity contribution in [2.45, 2.75) is 53.6 Å². The normalized spacial score (nSPS) is 10.3. The van der Waals surface area contributed by atoms with Gasteiger partial charge in [0.25, 0.3) is 0 Å². The first-order chi connectivity index (χ1) is 18.5. The Morgan fingerprint density at radius 3 is 1.36 bits per heavy atom. The van der Waals surface area contributed by atoms with Crippen molar-refractivity contribution in [3.63, 3.8) is 0 Å². The molecule has 0 saturated carbocycles. The number of para-hydroxylation sites is 6. The summed E-state index contributed by atoms with van der Waals surface area (Å²) in [5.41, 5.74) is 7.92. The number of methoxy groups -OCH3 is 3. The summed E-state index contributed by atoms with van der Waals surface area (Å²) < 4.78 is 15.2. The molecule has 0 aliphatic carbocycles. The second-order valence-electron chi connectivity index (χ2n) is 9.38. The molecule has 0 unspecified atom stereocenters. The SMILES string of the molecule is CC(C)C.COc1ccccc1N.COc1ccccc1NC(C)C.COc1ccccc1N[C@@H](C)C(=O)O. The topological polar surface area (TPSA) is 115 Å². The van der Waals surface area contributed by atoms with E-state index in [1.807, 2.05) is 54.6 Å². The van der Waals surface area contributed by atoms with Gasteiger partial charge in [-0.2, -0.15) is 0 Å². The van der Waals surface area contributed by atoms with Gasteiger partial charge in [-0.05, 0) is 63.1 Å². The molecule has 0 aliphatic heterocycles. The highest BCUT2D eigenvalue weighted by Crippen LogP contribution is 2.24. The molecule has 39 heavy (non-hydrogen) atoms. The number of carboxylic acid groups (broad SMARTS) is 1. The van der Waals surface area contributed by atoms with Gasteiger partial charge in [-0.1, -0.05) is 57.2 Å². The Hall–Kier alpha value is -4.07. The Balaban J connectivity index is 0.000000528. The predicted molar refractivity (Wildman–Crippen MR) is 163 cm³/mol. The lowest BCUT2D eigenvalue weighted by Gasteiger charge is -2.13. The van der Waals surface area contributed by atoms with Crippen molar-refractivity contribution < 1.29 is 24.1 Å². The largest absolute Gasteiger partial charge is 0.495 e. The molecule has 3 rings (SSSR count). The van der Waals surface area contributed by atoms with Crippen LogP contribution in [0.15, 0.2) is 72.8 Å². The summed E-state index contributed by atoms with van der Waals surface area (Å²) in [6.07, 6.45) is 0. The zero-order valence-electron chi connectivity index (χ0n) is 24.8. The standard InChI is InChI=1S/C10H13NO3.C10H15NO.C7H9NO.C4H10/c1-7(10(12)13)11-8-5-3-4-6-9(8)14-2;1-8(2)11-9-6-4-5-7-10(9)12-3;1-9-7-5-3-2-4-6(7)8;1-4(2)3/h3-7,11H,1-2H3,(H,12,13);4-8,11H,1-3H3;2-5H,8H2,1H3;4H,1-3H3/t7-;;;/m0.../s1. The molecule has 216 valence electrons. The van der Waals surface area contributed by atoms with E-state index in [-0.39, 0.29) is 0 Å². The third-order valence-electron chi connectivity index (χ3n) is 4.54. The van der Waals surface area contributed by atoms with Crippen molar-refractivity contribution in [3.05, 3.63) is 72.8 Å². The van der Waals surface area contributed by atoms with Gasteiger partial charge in [-0.3, -0.25) is 4.79 Å². The third kappa shape index (κ3) is 15.7. The summed E-state index contributed by atoms with van der Waals surface area (Å²) in [6, 6.07) is 22.3. The van der Waals surface area contributed by atoms with Crippen molar-refractivity contribution in [2.75, 3.05) is 37.7 Å². The van der Waals surface area contributed by atoms with Gasteiger partial charge in [-0.25, -0.2) is 0 Å². The van der Waals surface area contributed by atoms with Crippen molar-refractivity contribution in [2.24, 2.45) is 5.92 Å². The Morgan fingerprint density at radius 1 is 0.667 bits per heavy atom. The van der Waals surface area contributed by atoms with Crippen molar-refractivity contribution in [3.8, 4) is 17.2 Å². The summed E-state index contributed by atoms with van der Waals surface area (Å²) in [4.78, 5) is 10.6. The Morgan fingerprint density at radius 2 is 1.03 bits per heavy atom. The number of ether oxygens (including phenoxy) is 3. The van der Waals surface area contributed by atoms with Crippen molar-refractivity contribution in [1.82, 2.24) is 0 Å².